The van der Waals surface area contributed by atoms with Crippen molar-refractivity contribution in [1.82, 2.24) is 5.32 Å². The van der Waals surface area contributed by atoms with Gasteiger partial charge in [0.05, 0.1) is 5.56 Å². The molecule has 2 rings (SSSR count). The van der Waals surface area contributed by atoms with E-state index in [9.17, 15) is 24.2 Å². The summed E-state index contributed by atoms with van der Waals surface area (Å²) in [5, 5.41) is 20.8. The van der Waals surface area contributed by atoms with Crippen molar-refractivity contribution in [1.29, 1.82) is 0 Å². The fraction of sp³-hybridized carbons (Fsp3) is 0.125. The Morgan fingerprint density at radius 1 is 1.17 bits per heavy atom. The summed E-state index contributed by atoms with van der Waals surface area (Å²) in [6.45, 7) is 0. The summed E-state index contributed by atoms with van der Waals surface area (Å²) in [6, 6.07) is 8.40. The van der Waals surface area contributed by atoms with Gasteiger partial charge in [-0.25, -0.2) is 9.18 Å². The molecular formula is C16H13BrFNO4. The van der Waals surface area contributed by atoms with Gasteiger partial charge in [-0.3, -0.25) is 4.79 Å². The van der Waals surface area contributed by atoms with E-state index in [-0.39, 0.29) is 17.7 Å². The molecule has 0 saturated carbocycles. The Labute approximate surface area is 139 Å². The van der Waals surface area contributed by atoms with E-state index in [0.717, 1.165) is 6.07 Å². The van der Waals surface area contributed by atoms with E-state index >= 15 is 0 Å². The molecule has 120 valence electrons. The van der Waals surface area contributed by atoms with E-state index in [1.54, 1.807) is 12.1 Å². The molecule has 0 radical (unpaired) electrons. The van der Waals surface area contributed by atoms with Crippen molar-refractivity contribution in [3.8, 4) is 5.75 Å². The first-order valence-electron chi connectivity index (χ1n) is 6.63. The quantitative estimate of drug-likeness (QED) is 0.742. The molecule has 3 N–H and O–H groups in total. The second-order valence-electron chi connectivity index (χ2n) is 4.86. The average Bonchev–Trinajstić information content (AvgIpc) is 2.51. The first-order valence-corrected chi connectivity index (χ1v) is 7.42. The van der Waals surface area contributed by atoms with Gasteiger partial charge in [0.1, 0.15) is 17.6 Å². The third-order valence-corrected chi connectivity index (χ3v) is 3.84. The van der Waals surface area contributed by atoms with Gasteiger partial charge >= 0.3 is 5.97 Å². The number of halogens is 2. The molecule has 0 bridgehead atoms. The minimum absolute atomic E-state index is 0.0157. The number of aliphatic carboxylic acids is 1. The number of rotatable bonds is 5. The van der Waals surface area contributed by atoms with Gasteiger partial charge in [0.15, 0.2) is 0 Å². The summed E-state index contributed by atoms with van der Waals surface area (Å²) < 4.78 is 13.6. The third kappa shape index (κ3) is 4.53. The lowest BCUT2D eigenvalue weighted by Crippen LogP contribution is -2.42. The molecule has 0 aromatic heterocycles. The first kappa shape index (κ1) is 17.0. The monoisotopic (exact) mass is 381 g/mol. The summed E-state index contributed by atoms with van der Waals surface area (Å²) in [7, 11) is 0. The van der Waals surface area contributed by atoms with Gasteiger partial charge in [-0.05, 0) is 51.8 Å². The SMILES string of the molecule is O=C(NC(Cc1ccc(O)cc1)C(=O)O)c1cc(F)ccc1Br. The Balaban J connectivity index is 2.15. The van der Waals surface area contributed by atoms with Crippen molar-refractivity contribution in [3.63, 3.8) is 0 Å². The van der Waals surface area contributed by atoms with E-state index in [1.165, 1.54) is 24.3 Å². The smallest absolute Gasteiger partial charge is 0.326 e. The molecule has 2 aromatic rings. The zero-order chi connectivity index (χ0) is 17.0. The molecule has 7 heteroatoms. The van der Waals surface area contributed by atoms with Crippen LogP contribution in [0, 0.1) is 5.82 Å². The Hall–Kier alpha value is -2.41. The lowest BCUT2D eigenvalue weighted by molar-refractivity contribution is -0.139. The minimum Gasteiger partial charge on any atom is -0.508 e. The second-order valence-corrected chi connectivity index (χ2v) is 5.71. The molecule has 0 aliphatic heterocycles. The summed E-state index contributed by atoms with van der Waals surface area (Å²) in [5.74, 6) is -2.43. The van der Waals surface area contributed by atoms with Crippen LogP contribution in [0.3, 0.4) is 0 Å². The second kappa shape index (κ2) is 7.23. The maximum atomic E-state index is 13.2. The van der Waals surface area contributed by atoms with Gasteiger partial charge in [0, 0.05) is 10.9 Å². The molecule has 0 aliphatic carbocycles. The van der Waals surface area contributed by atoms with Crippen molar-refractivity contribution in [2.24, 2.45) is 0 Å². The fourth-order valence-corrected chi connectivity index (χ4v) is 2.40. The Kier molecular flexibility index (Phi) is 5.33. The summed E-state index contributed by atoms with van der Waals surface area (Å²) in [4.78, 5) is 23.5. The lowest BCUT2D eigenvalue weighted by atomic mass is 10.1. The number of carbonyl (C=O) groups is 2. The van der Waals surface area contributed by atoms with Gasteiger partial charge < -0.3 is 15.5 Å². The van der Waals surface area contributed by atoms with E-state index in [4.69, 9.17) is 0 Å². The van der Waals surface area contributed by atoms with Crippen LogP contribution < -0.4 is 5.32 Å². The maximum absolute atomic E-state index is 13.2. The van der Waals surface area contributed by atoms with Crippen LogP contribution in [0.5, 0.6) is 5.75 Å². The van der Waals surface area contributed by atoms with E-state index in [2.05, 4.69) is 21.2 Å². The zero-order valence-electron chi connectivity index (χ0n) is 11.8. The van der Waals surface area contributed by atoms with E-state index in [0.29, 0.717) is 10.0 Å². The summed E-state index contributed by atoms with van der Waals surface area (Å²) in [5.41, 5.74) is 0.649. The number of amides is 1. The van der Waals surface area contributed by atoms with Gasteiger partial charge in [0.25, 0.3) is 5.91 Å². The molecule has 0 fully saturated rings. The molecule has 5 nitrogen and oxygen atoms in total. The number of nitrogens with one attached hydrogen (secondary N) is 1. The number of phenols is 1. The molecule has 1 amide bonds. The van der Waals surface area contributed by atoms with E-state index < -0.39 is 23.7 Å². The predicted octanol–water partition coefficient (Wildman–Crippen LogP) is 2.72. The molecule has 0 spiro atoms. The van der Waals surface area contributed by atoms with Crippen LogP contribution in [0.15, 0.2) is 46.9 Å². The van der Waals surface area contributed by atoms with Crippen LogP contribution in [0.25, 0.3) is 0 Å². The Morgan fingerprint density at radius 3 is 2.43 bits per heavy atom. The molecule has 1 atom stereocenters. The van der Waals surface area contributed by atoms with Gasteiger partial charge in [-0.15, -0.1) is 0 Å². The largest absolute Gasteiger partial charge is 0.508 e. The van der Waals surface area contributed by atoms with Crippen molar-refractivity contribution in [2.45, 2.75) is 12.5 Å². The molecule has 23 heavy (non-hydrogen) atoms. The summed E-state index contributed by atoms with van der Waals surface area (Å²) >= 11 is 3.13. The first-order chi connectivity index (χ1) is 10.9. The highest BCUT2D eigenvalue weighted by atomic mass is 79.9. The molecule has 0 heterocycles. The van der Waals surface area contributed by atoms with Crippen molar-refractivity contribution < 1.29 is 24.2 Å². The number of phenolic OH excluding ortho intramolecular Hbond substituents is 1. The third-order valence-electron chi connectivity index (χ3n) is 3.15. The molecule has 0 aliphatic rings. The molecule has 2 aromatic carbocycles. The number of carbonyl (C=O) groups excluding carboxylic acids is 1. The topological polar surface area (TPSA) is 86.6 Å². The van der Waals surface area contributed by atoms with Crippen LogP contribution in [-0.4, -0.2) is 28.1 Å². The predicted molar refractivity (Wildman–Crippen MR) is 84.8 cm³/mol. The zero-order valence-corrected chi connectivity index (χ0v) is 13.4. The Bertz CT molecular complexity index is 733. The number of benzene rings is 2. The molecular weight excluding hydrogens is 369 g/mol. The van der Waals surface area contributed by atoms with Crippen LogP contribution in [0.1, 0.15) is 15.9 Å². The molecule has 0 saturated heterocycles. The highest BCUT2D eigenvalue weighted by Crippen LogP contribution is 2.18. The maximum Gasteiger partial charge on any atom is 0.326 e. The Morgan fingerprint density at radius 2 is 1.83 bits per heavy atom. The van der Waals surface area contributed by atoms with Crippen LogP contribution >= 0.6 is 15.9 Å². The van der Waals surface area contributed by atoms with Crippen LogP contribution in [-0.2, 0) is 11.2 Å². The normalized spacial score (nSPS) is 11.7. The van der Waals surface area contributed by atoms with Crippen molar-refractivity contribution in [3.05, 3.63) is 63.9 Å². The summed E-state index contributed by atoms with van der Waals surface area (Å²) in [6.07, 6.45) is 0.0360. The number of hydrogen-bond donors (Lipinski definition) is 3. The highest BCUT2D eigenvalue weighted by Gasteiger charge is 2.22. The van der Waals surface area contributed by atoms with Crippen molar-refractivity contribution >= 4 is 27.8 Å². The number of carboxylic acid groups (broad SMARTS) is 1. The van der Waals surface area contributed by atoms with Gasteiger partial charge in [0.2, 0.25) is 0 Å². The van der Waals surface area contributed by atoms with Gasteiger partial charge in [-0.2, -0.15) is 0 Å². The van der Waals surface area contributed by atoms with E-state index in [1.807, 2.05) is 0 Å². The number of hydrogen-bond acceptors (Lipinski definition) is 3. The average molecular weight is 382 g/mol. The van der Waals surface area contributed by atoms with Crippen molar-refractivity contribution in [2.75, 3.05) is 0 Å². The highest BCUT2D eigenvalue weighted by molar-refractivity contribution is 9.10. The lowest BCUT2D eigenvalue weighted by Gasteiger charge is -2.15. The number of carboxylic acids is 1. The minimum atomic E-state index is -1.21. The van der Waals surface area contributed by atoms with Crippen LogP contribution in [0.2, 0.25) is 0 Å². The number of aromatic hydroxyl groups is 1. The fourth-order valence-electron chi connectivity index (χ4n) is 1.98. The molecule has 1 unspecified atom stereocenters. The van der Waals surface area contributed by atoms with Crippen LogP contribution in [0.4, 0.5) is 4.39 Å². The van der Waals surface area contributed by atoms with Gasteiger partial charge in [-0.1, -0.05) is 12.1 Å². The standard InChI is InChI=1S/C16H13BrFNO4/c17-13-6-3-10(18)8-12(13)15(21)19-14(16(22)23)7-9-1-4-11(20)5-2-9/h1-6,8,14,20H,7H2,(H,19,21)(H,22,23).